The number of hydrogen-bond donors (Lipinski definition) is 0. The highest BCUT2D eigenvalue weighted by molar-refractivity contribution is 5.36. The maximum atomic E-state index is 7.02. The Morgan fingerprint density at radius 2 is 1.68 bits per heavy atom. The molecule has 5 rings (SSSR count). The Kier molecular flexibility index (Phi) is 4.12. The van der Waals surface area contributed by atoms with Crippen molar-refractivity contribution in [1.82, 2.24) is 4.90 Å². The molecule has 0 aromatic heterocycles. The van der Waals surface area contributed by atoms with Crippen LogP contribution in [-0.2, 0) is 4.74 Å². The van der Waals surface area contributed by atoms with Crippen molar-refractivity contribution in [3.8, 4) is 0 Å². The van der Waals surface area contributed by atoms with Gasteiger partial charge in [0.05, 0.1) is 5.76 Å². The van der Waals surface area contributed by atoms with Gasteiger partial charge in [-0.1, -0.05) is 36.8 Å². The van der Waals surface area contributed by atoms with Crippen molar-refractivity contribution in [2.75, 3.05) is 13.1 Å². The summed E-state index contributed by atoms with van der Waals surface area (Å²) in [6, 6.07) is 11.4. The van der Waals surface area contributed by atoms with Gasteiger partial charge in [-0.2, -0.15) is 0 Å². The molecule has 1 saturated carbocycles. The number of benzene rings is 1. The average molecular weight is 338 g/mol. The zero-order valence-electron chi connectivity index (χ0n) is 15.4. The van der Waals surface area contributed by atoms with Gasteiger partial charge in [-0.15, -0.1) is 0 Å². The second-order valence-electron chi connectivity index (χ2n) is 8.54. The molecule has 2 aliphatic carbocycles. The van der Waals surface area contributed by atoms with E-state index in [0.717, 1.165) is 0 Å². The number of hydrogen-bond acceptors (Lipinski definition) is 2. The summed E-state index contributed by atoms with van der Waals surface area (Å²) in [5.74, 6) is 2.61. The van der Waals surface area contributed by atoms with Crippen LogP contribution in [0.4, 0.5) is 0 Å². The molecule has 2 fully saturated rings. The van der Waals surface area contributed by atoms with Crippen molar-refractivity contribution >= 4 is 0 Å². The first-order chi connectivity index (χ1) is 12.4. The van der Waals surface area contributed by atoms with Gasteiger partial charge in [0.15, 0.2) is 5.72 Å². The third-order valence-corrected chi connectivity index (χ3v) is 7.22. The summed E-state index contributed by atoms with van der Waals surface area (Å²) < 4.78 is 7.02. The lowest BCUT2D eigenvalue weighted by Crippen LogP contribution is -2.59. The Balaban J connectivity index is 1.64. The third-order valence-electron chi connectivity index (χ3n) is 7.22. The molecule has 0 bridgehead atoms. The molecule has 4 aliphatic rings. The zero-order valence-corrected chi connectivity index (χ0v) is 15.4. The van der Waals surface area contributed by atoms with Crippen molar-refractivity contribution in [3.05, 3.63) is 47.2 Å². The fourth-order valence-corrected chi connectivity index (χ4v) is 6.16. The molecule has 2 aliphatic heterocycles. The molecule has 0 spiro atoms. The third kappa shape index (κ3) is 2.56. The van der Waals surface area contributed by atoms with Crippen LogP contribution in [0.25, 0.3) is 0 Å². The highest BCUT2D eigenvalue weighted by Gasteiger charge is 2.55. The topological polar surface area (TPSA) is 12.5 Å². The van der Waals surface area contributed by atoms with Gasteiger partial charge in [0.25, 0.3) is 0 Å². The molecule has 3 atom stereocenters. The van der Waals surface area contributed by atoms with Crippen molar-refractivity contribution in [1.29, 1.82) is 0 Å². The molecule has 0 N–H and O–H groups in total. The van der Waals surface area contributed by atoms with E-state index in [9.17, 15) is 0 Å². The van der Waals surface area contributed by atoms with Gasteiger partial charge in [-0.3, -0.25) is 4.90 Å². The monoisotopic (exact) mass is 337 g/mol. The summed E-state index contributed by atoms with van der Waals surface area (Å²) in [5, 5.41) is 0. The van der Waals surface area contributed by atoms with Gasteiger partial charge in [0.1, 0.15) is 0 Å². The predicted molar refractivity (Wildman–Crippen MR) is 101 cm³/mol. The normalized spacial score (nSPS) is 35.8. The Hall–Kier alpha value is -1.28. The van der Waals surface area contributed by atoms with Crippen LogP contribution in [0.1, 0.15) is 75.7 Å². The van der Waals surface area contributed by atoms with Crippen molar-refractivity contribution < 1.29 is 4.74 Å². The molecule has 2 heteroatoms. The van der Waals surface area contributed by atoms with Gasteiger partial charge in [0.2, 0.25) is 0 Å². The van der Waals surface area contributed by atoms with E-state index in [1.807, 2.05) is 0 Å². The molecule has 1 aromatic carbocycles. The Labute approximate surface area is 152 Å². The molecule has 0 unspecified atom stereocenters. The number of fused-ring (bicyclic) bond motifs is 1. The van der Waals surface area contributed by atoms with Gasteiger partial charge in [-0.25, -0.2) is 0 Å². The van der Waals surface area contributed by atoms with E-state index >= 15 is 0 Å². The second kappa shape index (κ2) is 6.46. The van der Waals surface area contributed by atoms with Crippen molar-refractivity contribution in [2.45, 2.75) is 75.9 Å². The van der Waals surface area contributed by atoms with Crippen molar-refractivity contribution in [2.24, 2.45) is 5.92 Å². The molecule has 25 heavy (non-hydrogen) atoms. The minimum absolute atomic E-state index is 0.00850. The summed E-state index contributed by atoms with van der Waals surface area (Å²) in [7, 11) is 0. The van der Waals surface area contributed by atoms with E-state index in [4.69, 9.17) is 4.74 Å². The lowest BCUT2D eigenvalue weighted by atomic mass is 9.64. The Morgan fingerprint density at radius 1 is 0.880 bits per heavy atom. The second-order valence-corrected chi connectivity index (χ2v) is 8.54. The van der Waals surface area contributed by atoms with E-state index in [1.165, 1.54) is 88.6 Å². The molecule has 2 nitrogen and oxygen atoms in total. The van der Waals surface area contributed by atoms with Crippen LogP contribution < -0.4 is 0 Å². The van der Waals surface area contributed by atoms with E-state index < -0.39 is 0 Å². The highest BCUT2D eigenvalue weighted by Crippen LogP contribution is 2.57. The van der Waals surface area contributed by atoms with Gasteiger partial charge in [-0.05, 0) is 56.1 Å². The van der Waals surface area contributed by atoms with Crippen LogP contribution in [-0.4, -0.2) is 23.7 Å². The number of nitrogens with zero attached hydrogens (tertiary/aromatic N) is 1. The quantitative estimate of drug-likeness (QED) is 0.695. The predicted octanol–water partition coefficient (Wildman–Crippen LogP) is 5.61. The maximum Gasteiger partial charge on any atom is 0.166 e. The zero-order chi connectivity index (χ0) is 16.7. The maximum absolute atomic E-state index is 7.02. The fourth-order valence-electron chi connectivity index (χ4n) is 6.16. The van der Waals surface area contributed by atoms with Crippen LogP contribution in [0, 0.1) is 5.92 Å². The molecular weight excluding hydrogens is 306 g/mol. The molecule has 0 radical (unpaired) electrons. The van der Waals surface area contributed by atoms with Crippen molar-refractivity contribution in [3.63, 3.8) is 0 Å². The molecule has 1 saturated heterocycles. The summed E-state index contributed by atoms with van der Waals surface area (Å²) >= 11 is 0. The molecule has 134 valence electrons. The van der Waals surface area contributed by atoms with Crippen LogP contribution in [0.15, 0.2) is 41.7 Å². The minimum Gasteiger partial charge on any atom is -0.477 e. The van der Waals surface area contributed by atoms with Gasteiger partial charge >= 0.3 is 0 Å². The first-order valence-electron chi connectivity index (χ1n) is 10.6. The van der Waals surface area contributed by atoms with E-state index in [2.05, 4.69) is 35.2 Å². The molecule has 2 heterocycles. The fraction of sp³-hybridized carbons (Fsp3) is 0.652. The highest BCUT2D eigenvalue weighted by atomic mass is 16.5. The number of ether oxygens (including phenoxy) is 1. The average Bonchev–Trinajstić information content (AvgIpc) is 3.22. The van der Waals surface area contributed by atoms with Crippen LogP contribution in [0.3, 0.4) is 0 Å². The number of likely N-dealkylation sites (tertiary alicyclic amines) is 1. The van der Waals surface area contributed by atoms with Gasteiger partial charge < -0.3 is 4.74 Å². The first-order valence-corrected chi connectivity index (χ1v) is 10.6. The molecular formula is C23H31NO. The van der Waals surface area contributed by atoms with Gasteiger partial charge in [0, 0.05) is 37.8 Å². The SMILES string of the molecule is c1ccc([C@H]2C3=C(CCCC3)O[C@@]3(N4CCCC4)CCCC[C@@H]23)cc1. The van der Waals surface area contributed by atoms with E-state index in [-0.39, 0.29) is 5.72 Å². The van der Waals surface area contributed by atoms with Crippen LogP contribution >= 0.6 is 0 Å². The largest absolute Gasteiger partial charge is 0.477 e. The molecule has 0 amide bonds. The smallest absolute Gasteiger partial charge is 0.166 e. The first kappa shape index (κ1) is 15.9. The molecule has 1 aromatic rings. The Bertz CT molecular complexity index is 645. The summed E-state index contributed by atoms with van der Waals surface area (Å²) in [4.78, 5) is 2.74. The number of rotatable bonds is 2. The van der Waals surface area contributed by atoms with E-state index in [1.54, 1.807) is 5.57 Å². The Morgan fingerprint density at radius 3 is 2.52 bits per heavy atom. The lowest BCUT2D eigenvalue weighted by molar-refractivity contribution is -0.194. The minimum atomic E-state index is -0.00850. The number of allylic oxidation sites excluding steroid dienone is 2. The van der Waals surface area contributed by atoms with Crippen LogP contribution in [0.5, 0.6) is 0 Å². The van der Waals surface area contributed by atoms with E-state index in [0.29, 0.717) is 11.8 Å². The standard InChI is InChI=1S/C23H31NO/c1-2-10-18(11-3-1)22-19-12-4-5-14-21(19)25-23(24-16-8-9-17-24)15-7-6-13-20(22)23/h1-3,10-11,20,22H,4-9,12-17H2/t20-,22-,23-/m0/s1. The summed E-state index contributed by atoms with van der Waals surface area (Å²) in [5.41, 5.74) is 3.18. The van der Waals surface area contributed by atoms with Crippen LogP contribution in [0.2, 0.25) is 0 Å². The summed E-state index contributed by atoms with van der Waals surface area (Å²) in [6.45, 7) is 2.47. The lowest BCUT2D eigenvalue weighted by Gasteiger charge is -2.56. The summed E-state index contributed by atoms with van der Waals surface area (Å²) in [6.07, 6.45) is 13.0.